The average molecular weight is 430 g/mol. The smallest absolute Gasteiger partial charge is 0.332 e. The van der Waals surface area contributed by atoms with E-state index in [-0.39, 0.29) is 11.2 Å². The first-order valence-electron chi connectivity index (χ1n) is 10.9. The van der Waals surface area contributed by atoms with E-state index >= 15 is 0 Å². The van der Waals surface area contributed by atoms with Crippen LogP contribution in [-0.4, -0.2) is 66.2 Å². The van der Waals surface area contributed by atoms with E-state index in [1.54, 1.807) is 11.7 Å². The number of ether oxygens (including phenoxy) is 1. The van der Waals surface area contributed by atoms with Crippen LogP contribution in [0.1, 0.15) is 30.3 Å². The predicted molar refractivity (Wildman–Crippen MR) is 118 cm³/mol. The SMILES string of the molecule is CCCn1c(-n2nc(C)c(C)c2C)nc2c1c(=O)n(CCN1CCOCC1)c(=O)n2C. The van der Waals surface area contributed by atoms with Crippen molar-refractivity contribution < 1.29 is 4.74 Å². The summed E-state index contributed by atoms with van der Waals surface area (Å²) in [6.07, 6.45) is 0.826. The molecule has 3 aromatic heterocycles. The molecule has 31 heavy (non-hydrogen) atoms. The number of hydrogen-bond donors (Lipinski definition) is 0. The van der Waals surface area contributed by atoms with Gasteiger partial charge in [0.1, 0.15) is 0 Å². The Morgan fingerprint density at radius 3 is 2.32 bits per heavy atom. The van der Waals surface area contributed by atoms with Gasteiger partial charge in [-0.2, -0.15) is 10.1 Å². The van der Waals surface area contributed by atoms with E-state index in [4.69, 9.17) is 9.72 Å². The second-order valence-electron chi connectivity index (χ2n) is 8.20. The molecule has 1 fully saturated rings. The van der Waals surface area contributed by atoms with Crippen molar-refractivity contribution in [2.75, 3.05) is 32.8 Å². The Balaban J connectivity index is 1.87. The summed E-state index contributed by atoms with van der Waals surface area (Å²) in [5.74, 6) is 0.573. The fourth-order valence-electron chi connectivity index (χ4n) is 4.14. The summed E-state index contributed by atoms with van der Waals surface area (Å²) in [5, 5.41) is 4.64. The fourth-order valence-corrected chi connectivity index (χ4v) is 4.14. The van der Waals surface area contributed by atoms with Gasteiger partial charge in [-0.15, -0.1) is 0 Å². The van der Waals surface area contributed by atoms with Crippen molar-refractivity contribution in [3.63, 3.8) is 0 Å². The van der Waals surface area contributed by atoms with E-state index in [0.717, 1.165) is 36.5 Å². The Morgan fingerprint density at radius 1 is 1.00 bits per heavy atom. The summed E-state index contributed by atoms with van der Waals surface area (Å²) in [4.78, 5) is 33.4. The van der Waals surface area contributed by atoms with Crippen LogP contribution in [0.25, 0.3) is 17.1 Å². The van der Waals surface area contributed by atoms with Gasteiger partial charge in [-0.3, -0.25) is 18.8 Å². The molecule has 0 N–H and O–H groups in total. The maximum absolute atomic E-state index is 13.5. The molecule has 10 heteroatoms. The van der Waals surface area contributed by atoms with E-state index in [0.29, 0.717) is 50.0 Å². The molecule has 0 spiro atoms. The maximum Gasteiger partial charge on any atom is 0.332 e. The van der Waals surface area contributed by atoms with Crippen LogP contribution < -0.4 is 11.2 Å². The molecule has 10 nitrogen and oxygen atoms in total. The lowest BCUT2D eigenvalue weighted by molar-refractivity contribution is 0.0361. The highest BCUT2D eigenvalue weighted by molar-refractivity contribution is 5.72. The van der Waals surface area contributed by atoms with Crippen LogP contribution in [0.3, 0.4) is 0 Å². The molecule has 0 radical (unpaired) electrons. The zero-order valence-corrected chi connectivity index (χ0v) is 19.0. The first-order valence-corrected chi connectivity index (χ1v) is 10.9. The van der Waals surface area contributed by atoms with Crippen LogP contribution >= 0.6 is 0 Å². The normalized spacial score (nSPS) is 15.3. The largest absolute Gasteiger partial charge is 0.379 e. The molecule has 0 atom stereocenters. The standard InChI is InChI=1S/C21H31N7O3/c1-6-7-26-17-18(22-20(26)28-16(4)14(2)15(3)23-28)24(5)21(30)27(19(17)29)9-8-25-10-12-31-13-11-25/h6-13H2,1-5H3. The van der Waals surface area contributed by atoms with Gasteiger partial charge in [-0.05, 0) is 32.8 Å². The average Bonchev–Trinajstić information content (AvgIpc) is 3.26. The summed E-state index contributed by atoms with van der Waals surface area (Å²) in [7, 11) is 1.68. The molecule has 0 bridgehead atoms. The number of rotatable bonds is 6. The first kappa shape index (κ1) is 21.5. The molecule has 0 amide bonds. The molecule has 1 saturated heterocycles. The lowest BCUT2D eigenvalue weighted by atomic mass is 10.2. The number of hydrogen-bond acceptors (Lipinski definition) is 6. The molecule has 0 aliphatic carbocycles. The number of aromatic nitrogens is 6. The number of aryl methyl sites for hydroxylation is 3. The van der Waals surface area contributed by atoms with Gasteiger partial charge in [0.25, 0.3) is 5.56 Å². The maximum atomic E-state index is 13.5. The van der Waals surface area contributed by atoms with Gasteiger partial charge in [0.2, 0.25) is 5.95 Å². The second-order valence-corrected chi connectivity index (χ2v) is 8.20. The van der Waals surface area contributed by atoms with E-state index < -0.39 is 0 Å². The zero-order valence-electron chi connectivity index (χ0n) is 19.0. The third kappa shape index (κ3) is 3.63. The zero-order chi connectivity index (χ0) is 22.3. The molecule has 0 aromatic carbocycles. The van der Waals surface area contributed by atoms with Gasteiger partial charge in [-0.25, -0.2) is 9.48 Å². The van der Waals surface area contributed by atoms with Gasteiger partial charge in [0.05, 0.1) is 18.9 Å². The molecule has 0 unspecified atom stereocenters. The molecule has 4 rings (SSSR count). The van der Waals surface area contributed by atoms with Crippen LogP contribution in [-0.2, 0) is 24.9 Å². The van der Waals surface area contributed by atoms with Crippen molar-refractivity contribution in [2.45, 2.75) is 47.2 Å². The van der Waals surface area contributed by atoms with Crippen molar-refractivity contribution in [1.82, 2.24) is 33.4 Å². The van der Waals surface area contributed by atoms with Gasteiger partial charge in [0.15, 0.2) is 11.2 Å². The van der Waals surface area contributed by atoms with E-state index in [9.17, 15) is 9.59 Å². The van der Waals surface area contributed by atoms with Crippen molar-refractivity contribution in [3.05, 3.63) is 37.8 Å². The van der Waals surface area contributed by atoms with Crippen molar-refractivity contribution in [3.8, 4) is 5.95 Å². The fraction of sp³-hybridized carbons (Fsp3) is 0.619. The third-order valence-corrected chi connectivity index (χ3v) is 6.25. The monoisotopic (exact) mass is 429 g/mol. The summed E-state index contributed by atoms with van der Waals surface area (Å²) in [6.45, 7) is 12.6. The lowest BCUT2D eigenvalue weighted by Crippen LogP contribution is -2.44. The highest BCUT2D eigenvalue weighted by Gasteiger charge is 2.23. The molecule has 168 valence electrons. The Kier molecular flexibility index (Phi) is 5.85. The molecule has 3 aromatic rings. The molecule has 4 heterocycles. The predicted octanol–water partition coefficient (Wildman–Crippen LogP) is 0.750. The minimum absolute atomic E-state index is 0.295. The number of nitrogens with zero attached hydrogens (tertiary/aromatic N) is 7. The van der Waals surface area contributed by atoms with Crippen LogP contribution in [0.4, 0.5) is 0 Å². The molecular formula is C21H31N7O3. The summed E-state index contributed by atoms with van der Waals surface area (Å²) in [5.41, 5.74) is 3.19. The Morgan fingerprint density at radius 2 is 1.71 bits per heavy atom. The Hall–Kier alpha value is -2.72. The molecule has 1 aliphatic rings. The van der Waals surface area contributed by atoms with Crippen LogP contribution in [0.5, 0.6) is 0 Å². The third-order valence-electron chi connectivity index (χ3n) is 6.25. The highest BCUT2D eigenvalue weighted by atomic mass is 16.5. The summed E-state index contributed by atoms with van der Waals surface area (Å²) >= 11 is 0. The number of fused-ring (bicyclic) bond motifs is 1. The minimum Gasteiger partial charge on any atom is -0.379 e. The van der Waals surface area contributed by atoms with Crippen LogP contribution in [0, 0.1) is 20.8 Å². The summed E-state index contributed by atoms with van der Waals surface area (Å²) < 4.78 is 11.9. The minimum atomic E-state index is -0.344. The van der Waals surface area contributed by atoms with E-state index in [1.807, 2.05) is 25.3 Å². The quantitative estimate of drug-likeness (QED) is 0.574. The topological polar surface area (TPSA) is 92.1 Å². The van der Waals surface area contributed by atoms with E-state index in [1.165, 1.54) is 9.13 Å². The second kappa shape index (κ2) is 8.43. The molecule has 1 aliphatic heterocycles. The summed E-state index contributed by atoms with van der Waals surface area (Å²) in [6, 6.07) is 0. The van der Waals surface area contributed by atoms with Gasteiger partial charge in [0, 0.05) is 45.5 Å². The van der Waals surface area contributed by atoms with Crippen LogP contribution in [0.15, 0.2) is 9.59 Å². The molecular weight excluding hydrogens is 398 g/mol. The Bertz CT molecular complexity index is 1220. The van der Waals surface area contributed by atoms with Gasteiger partial charge < -0.3 is 9.30 Å². The van der Waals surface area contributed by atoms with Crippen molar-refractivity contribution >= 4 is 11.2 Å². The van der Waals surface area contributed by atoms with Crippen LogP contribution in [0.2, 0.25) is 0 Å². The van der Waals surface area contributed by atoms with Crippen molar-refractivity contribution in [2.24, 2.45) is 7.05 Å². The van der Waals surface area contributed by atoms with Crippen molar-refractivity contribution in [1.29, 1.82) is 0 Å². The Labute approximate surface area is 180 Å². The number of imidazole rings is 1. The first-order chi connectivity index (χ1) is 14.8. The molecule has 0 saturated carbocycles. The highest BCUT2D eigenvalue weighted by Crippen LogP contribution is 2.20. The van der Waals surface area contributed by atoms with Gasteiger partial charge in [-0.1, -0.05) is 6.92 Å². The van der Waals surface area contributed by atoms with E-state index in [2.05, 4.69) is 16.9 Å². The number of morpholine rings is 1. The lowest BCUT2D eigenvalue weighted by Gasteiger charge is -2.26. The van der Waals surface area contributed by atoms with Gasteiger partial charge >= 0.3 is 5.69 Å².